The monoisotopic (exact) mass is 495 g/mol. The van der Waals surface area contributed by atoms with E-state index in [1.165, 1.54) is 0 Å². The molecule has 0 aliphatic carbocycles. The summed E-state index contributed by atoms with van der Waals surface area (Å²) in [6, 6.07) is 21.4. The van der Waals surface area contributed by atoms with Crippen molar-refractivity contribution in [1.29, 1.82) is 0 Å². The molecule has 1 N–H and O–H groups in total. The van der Waals surface area contributed by atoms with Gasteiger partial charge in [0.25, 0.3) is 0 Å². The predicted molar refractivity (Wildman–Crippen MR) is 144 cm³/mol. The molecule has 8 heteroatoms. The third-order valence-corrected chi connectivity index (χ3v) is 7.31. The van der Waals surface area contributed by atoms with E-state index in [-0.39, 0.29) is 5.56 Å². The molecule has 3 aromatic heterocycles. The number of fused-ring (bicyclic) bond motifs is 2. The van der Waals surface area contributed by atoms with Gasteiger partial charge >= 0.3 is 0 Å². The van der Waals surface area contributed by atoms with Crippen LogP contribution in [0.15, 0.2) is 93.7 Å². The zero-order valence-electron chi connectivity index (χ0n) is 19.8. The third kappa shape index (κ3) is 4.65. The van der Waals surface area contributed by atoms with Crippen LogP contribution in [0.5, 0.6) is 11.5 Å². The Kier molecular flexibility index (Phi) is 6.04. The summed E-state index contributed by atoms with van der Waals surface area (Å²) in [6.45, 7) is 3.72. The summed E-state index contributed by atoms with van der Waals surface area (Å²) >= 11 is 1.59. The van der Waals surface area contributed by atoms with E-state index in [4.69, 9.17) is 9.72 Å². The smallest absolute Gasteiger partial charge is 0.248 e. The quantitative estimate of drug-likeness (QED) is 0.361. The first-order valence-electron chi connectivity index (χ1n) is 11.9. The molecule has 0 saturated carbocycles. The van der Waals surface area contributed by atoms with Crippen LogP contribution in [0.1, 0.15) is 0 Å². The fourth-order valence-electron chi connectivity index (χ4n) is 4.41. The van der Waals surface area contributed by atoms with E-state index in [2.05, 4.69) is 32.9 Å². The van der Waals surface area contributed by atoms with Crippen LogP contribution in [-0.2, 0) is 0 Å². The van der Waals surface area contributed by atoms with Gasteiger partial charge in [-0.2, -0.15) is 0 Å². The number of nitrogens with one attached hydrogen (secondary N) is 1. The highest BCUT2D eigenvalue weighted by atomic mass is 32.2. The van der Waals surface area contributed by atoms with Crippen molar-refractivity contribution in [3.8, 4) is 11.5 Å². The summed E-state index contributed by atoms with van der Waals surface area (Å²) in [5.74, 6) is 2.25. The van der Waals surface area contributed by atoms with Gasteiger partial charge in [-0.1, -0.05) is 36.0 Å². The molecule has 6 rings (SSSR count). The number of hydrogen-bond acceptors (Lipinski definition) is 7. The summed E-state index contributed by atoms with van der Waals surface area (Å²) in [7, 11) is 2.14. The minimum Gasteiger partial charge on any atom is -0.451 e. The van der Waals surface area contributed by atoms with Gasteiger partial charge < -0.3 is 19.5 Å². The summed E-state index contributed by atoms with van der Waals surface area (Å²) in [5.41, 5.74) is 1.52. The number of likely N-dealkylation sites (N-methyl/N-ethyl adjacent to an activating group) is 1. The first-order valence-corrected chi connectivity index (χ1v) is 12.7. The van der Waals surface area contributed by atoms with Gasteiger partial charge in [0, 0.05) is 71.4 Å². The van der Waals surface area contributed by atoms with Gasteiger partial charge in [0.05, 0.1) is 0 Å². The number of para-hydroxylation sites is 1. The molecule has 0 spiro atoms. The Morgan fingerprint density at radius 1 is 0.861 bits per heavy atom. The van der Waals surface area contributed by atoms with Crippen molar-refractivity contribution in [2.45, 2.75) is 9.79 Å². The fourth-order valence-corrected chi connectivity index (χ4v) is 5.27. The number of H-pyrrole nitrogens is 1. The standard InChI is InChI=1S/C28H25N5O2S/c1-32-12-14-33(15-13-32)28-25(35-24-6-2-4-20-5-3-11-29-27(20)24)17-22(18-30-28)36-21-9-7-19-8-10-26(34)31-23(19)16-21/h2-11,16-18H,12-15H2,1H3,(H,31,34). The average molecular weight is 496 g/mol. The lowest BCUT2D eigenvalue weighted by molar-refractivity contribution is 0.310. The Balaban J connectivity index is 1.37. The molecule has 1 aliphatic heterocycles. The Morgan fingerprint density at radius 2 is 1.69 bits per heavy atom. The van der Waals surface area contributed by atoms with Gasteiger partial charge in [-0.05, 0) is 42.8 Å². The SMILES string of the molecule is CN1CCN(c2ncc(Sc3ccc4ccc(=O)[nH]c4c3)cc2Oc2cccc3cccnc23)CC1. The number of aromatic nitrogens is 3. The normalized spacial score (nSPS) is 14.4. The van der Waals surface area contributed by atoms with Crippen molar-refractivity contribution in [1.82, 2.24) is 19.9 Å². The molecule has 7 nitrogen and oxygen atoms in total. The number of piperazine rings is 1. The number of rotatable bonds is 5. The summed E-state index contributed by atoms with van der Waals surface area (Å²) in [4.78, 5) is 30.7. The van der Waals surface area contributed by atoms with Gasteiger partial charge in [0.15, 0.2) is 17.3 Å². The minimum absolute atomic E-state index is 0.109. The molecular weight excluding hydrogens is 470 g/mol. The number of benzene rings is 2. The number of hydrogen-bond donors (Lipinski definition) is 1. The highest BCUT2D eigenvalue weighted by molar-refractivity contribution is 7.99. The number of nitrogens with zero attached hydrogens (tertiary/aromatic N) is 4. The molecule has 4 heterocycles. The fraction of sp³-hybridized carbons (Fsp3) is 0.179. The third-order valence-electron chi connectivity index (χ3n) is 6.36. The first kappa shape index (κ1) is 22.6. The van der Waals surface area contributed by atoms with Gasteiger partial charge in [-0.15, -0.1) is 0 Å². The van der Waals surface area contributed by atoms with Gasteiger partial charge in [-0.25, -0.2) is 4.98 Å². The van der Waals surface area contributed by atoms with Crippen LogP contribution < -0.4 is 15.2 Å². The zero-order valence-corrected chi connectivity index (χ0v) is 20.7. The van der Waals surface area contributed by atoms with Crippen molar-refractivity contribution < 1.29 is 4.74 Å². The Morgan fingerprint density at radius 3 is 2.58 bits per heavy atom. The Bertz CT molecular complexity index is 1610. The van der Waals surface area contributed by atoms with E-state index in [1.807, 2.05) is 60.8 Å². The molecular formula is C28H25N5O2S. The average Bonchev–Trinajstić information content (AvgIpc) is 2.89. The number of aromatic amines is 1. The molecule has 5 aromatic rings. The van der Waals surface area contributed by atoms with Crippen LogP contribution in [0.2, 0.25) is 0 Å². The van der Waals surface area contributed by atoms with Gasteiger partial charge in [-0.3, -0.25) is 9.78 Å². The molecule has 1 aliphatic rings. The topological polar surface area (TPSA) is 74.3 Å². The highest BCUT2D eigenvalue weighted by Gasteiger charge is 2.21. The van der Waals surface area contributed by atoms with E-state index in [0.29, 0.717) is 11.5 Å². The summed E-state index contributed by atoms with van der Waals surface area (Å²) < 4.78 is 6.53. The molecule has 1 saturated heterocycles. The van der Waals surface area contributed by atoms with E-state index in [1.54, 1.807) is 24.0 Å². The molecule has 0 unspecified atom stereocenters. The van der Waals surface area contributed by atoms with Crippen LogP contribution in [-0.4, -0.2) is 53.1 Å². The van der Waals surface area contributed by atoms with E-state index >= 15 is 0 Å². The lowest BCUT2D eigenvalue weighted by atomic mass is 10.2. The summed E-state index contributed by atoms with van der Waals surface area (Å²) in [5, 5.41) is 2.02. The lowest BCUT2D eigenvalue weighted by Gasteiger charge is -2.34. The van der Waals surface area contributed by atoms with E-state index < -0.39 is 0 Å². The number of ether oxygens (including phenoxy) is 1. The lowest BCUT2D eigenvalue weighted by Crippen LogP contribution is -2.44. The molecule has 0 atom stereocenters. The Labute approximate surface area is 212 Å². The molecule has 0 amide bonds. The number of anilines is 1. The maximum Gasteiger partial charge on any atom is 0.248 e. The molecule has 0 bridgehead atoms. The summed E-state index contributed by atoms with van der Waals surface area (Å²) in [6.07, 6.45) is 3.68. The van der Waals surface area contributed by atoms with Crippen LogP contribution in [0.4, 0.5) is 5.82 Å². The largest absolute Gasteiger partial charge is 0.451 e. The Hall–Kier alpha value is -3.88. The van der Waals surface area contributed by atoms with Crippen LogP contribution in [0.3, 0.4) is 0 Å². The minimum atomic E-state index is -0.109. The van der Waals surface area contributed by atoms with Crippen molar-refractivity contribution in [2.24, 2.45) is 0 Å². The highest BCUT2D eigenvalue weighted by Crippen LogP contribution is 2.38. The first-order chi connectivity index (χ1) is 17.6. The molecule has 36 heavy (non-hydrogen) atoms. The van der Waals surface area contributed by atoms with Crippen molar-refractivity contribution in [3.05, 3.63) is 89.5 Å². The van der Waals surface area contributed by atoms with Gasteiger partial charge in [0.2, 0.25) is 5.56 Å². The zero-order chi connectivity index (χ0) is 24.5. The van der Waals surface area contributed by atoms with Crippen LogP contribution in [0, 0.1) is 0 Å². The second-order valence-electron chi connectivity index (χ2n) is 8.89. The second kappa shape index (κ2) is 9.64. The number of pyridine rings is 3. The maximum absolute atomic E-state index is 11.8. The predicted octanol–water partition coefficient (Wildman–Crippen LogP) is 5.17. The maximum atomic E-state index is 11.8. The van der Waals surface area contributed by atoms with Crippen LogP contribution in [0.25, 0.3) is 21.8 Å². The van der Waals surface area contributed by atoms with Crippen LogP contribution >= 0.6 is 11.8 Å². The molecule has 2 aromatic carbocycles. The molecule has 0 radical (unpaired) electrons. The van der Waals surface area contributed by atoms with Crippen molar-refractivity contribution in [2.75, 3.05) is 38.1 Å². The van der Waals surface area contributed by atoms with Crippen molar-refractivity contribution >= 4 is 39.4 Å². The van der Waals surface area contributed by atoms with Crippen molar-refractivity contribution in [3.63, 3.8) is 0 Å². The molecule has 1 fully saturated rings. The van der Waals surface area contributed by atoms with Gasteiger partial charge in [0.1, 0.15) is 5.52 Å². The second-order valence-corrected chi connectivity index (χ2v) is 10.0. The van der Waals surface area contributed by atoms with E-state index in [0.717, 1.165) is 63.6 Å². The van der Waals surface area contributed by atoms with E-state index in [9.17, 15) is 4.79 Å². The molecule has 180 valence electrons.